The molecule has 2 aliphatic rings. The number of hydrogen-bond donors (Lipinski definition) is 4. The molecule has 2 aliphatic heterocycles. The number of benzene rings is 2. The lowest BCUT2D eigenvalue weighted by atomic mass is 9.95. The van der Waals surface area contributed by atoms with Gasteiger partial charge in [-0.05, 0) is 48.9 Å². The molecule has 0 radical (unpaired) electrons. The van der Waals surface area contributed by atoms with Gasteiger partial charge in [0.15, 0.2) is 0 Å². The highest BCUT2D eigenvalue weighted by Gasteiger charge is 2.41. The number of phenolic OH excluding ortho intramolecular Hbond substituents is 1. The lowest BCUT2D eigenvalue weighted by Crippen LogP contribution is -2.59. The number of nitrogens with one attached hydrogen (secondary N) is 3. The summed E-state index contributed by atoms with van der Waals surface area (Å²) in [6.07, 6.45) is 1.88. The zero-order valence-electron chi connectivity index (χ0n) is 25.8. The summed E-state index contributed by atoms with van der Waals surface area (Å²) >= 11 is 0. The third-order valence-corrected chi connectivity index (χ3v) is 8.75. The lowest BCUT2D eigenvalue weighted by Gasteiger charge is -2.34. The number of hydrogen-bond acceptors (Lipinski definition) is 6. The summed E-state index contributed by atoms with van der Waals surface area (Å²) in [6.45, 7) is 5.63. The van der Waals surface area contributed by atoms with Gasteiger partial charge in [-0.15, -0.1) is 0 Å². The molecule has 0 aliphatic carbocycles. The van der Waals surface area contributed by atoms with Crippen molar-refractivity contribution in [3.63, 3.8) is 0 Å². The van der Waals surface area contributed by atoms with Crippen LogP contribution in [-0.2, 0) is 36.8 Å². The number of likely N-dealkylation sites (N-methyl/N-ethyl adjacent to an activating group) is 1. The summed E-state index contributed by atoms with van der Waals surface area (Å²) < 4.78 is 0. The first-order valence-electron chi connectivity index (χ1n) is 15.3. The largest absolute Gasteiger partial charge is 0.508 e. The Morgan fingerprint density at radius 1 is 0.841 bits per heavy atom. The molecule has 6 unspecified atom stereocenters. The van der Waals surface area contributed by atoms with Gasteiger partial charge in [0.1, 0.15) is 36.0 Å². The molecule has 0 spiro atoms. The van der Waals surface area contributed by atoms with Crippen LogP contribution in [0, 0.1) is 5.92 Å². The fraction of sp³-hybridized carbons (Fsp3) is 0.485. The highest BCUT2D eigenvalue weighted by molar-refractivity contribution is 5.98. The summed E-state index contributed by atoms with van der Waals surface area (Å²) in [5, 5.41) is 18.3. The van der Waals surface area contributed by atoms with Gasteiger partial charge in [-0.1, -0.05) is 62.7 Å². The maximum Gasteiger partial charge on any atom is 0.246 e. The number of amides is 5. The molecule has 44 heavy (non-hydrogen) atoms. The van der Waals surface area contributed by atoms with E-state index in [-0.39, 0.29) is 24.5 Å². The Morgan fingerprint density at radius 3 is 2.16 bits per heavy atom. The van der Waals surface area contributed by atoms with Crippen LogP contribution in [0.4, 0.5) is 0 Å². The van der Waals surface area contributed by atoms with Gasteiger partial charge >= 0.3 is 0 Å². The molecule has 2 aromatic rings. The minimum Gasteiger partial charge on any atom is -0.508 e. The Labute approximate surface area is 258 Å². The first-order valence-corrected chi connectivity index (χ1v) is 15.3. The van der Waals surface area contributed by atoms with Gasteiger partial charge in [0.25, 0.3) is 0 Å². The van der Waals surface area contributed by atoms with Gasteiger partial charge in [0, 0.05) is 26.4 Å². The lowest BCUT2D eigenvalue weighted by molar-refractivity contribution is -0.144. The summed E-state index contributed by atoms with van der Waals surface area (Å²) in [5.41, 5.74) is 1.52. The van der Waals surface area contributed by atoms with Gasteiger partial charge in [-0.3, -0.25) is 24.0 Å². The number of fused-ring (bicyclic) bond motifs is 1. The SMILES string of the molecule is CCC(C)C1NC(=O)C(C)NC(=O)C2CCCN2C(=O)C(Cc2ccc(O)cc2)NC(=O)C(Cc2ccccc2)N(C)C1=O. The van der Waals surface area contributed by atoms with Crippen molar-refractivity contribution in [3.8, 4) is 5.75 Å². The molecule has 11 nitrogen and oxygen atoms in total. The smallest absolute Gasteiger partial charge is 0.246 e. The van der Waals surface area contributed by atoms with Crippen LogP contribution >= 0.6 is 0 Å². The third-order valence-electron chi connectivity index (χ3n) is 8.75. The molecule has 236 valence electrons. The maximum absolute atomic E-state index is 14.1. The first-order chi connectivity index (χ1) is 21.0. The van der Waals surface area contributed by atoms with E-state index < -0.39 is 59.7 Å². The van der Waals surface area contributed by atoms with Crippen LogP contribution in [0.3, 0.4) is 0 Å². The Balaban J connectivity index is 1.78. The molecule has 0 saturated carbocycles. The Morgan fingerprint density at radius 2 is 1.50 bits per heavy atom. The van der Waals surface area contributed by atoms with E-state index in [0.29, 0.717) is 31.4 Å². The van der Waals surface area contributed by atoms with Crippen LogP contribution in [0.2, 0.25) is 0 Å². The second-order valence-corrected chi connectivity index (χ2v) is 11.9. The van der Waals surface area contributed by atoms with Crippen LogP contribution in [-0.4, -0.2) is 88.2 Å². The number of carbonyl (C=O) groups excluding carboxylic acids is 5. The van der Waals surface area contributed by atoms with Crippen molar-refractivity contribution >= 4 is 29.5 Å². The molecule has 6 atom stereocenters. The van der Waals surface area contributed by atoms with E-state index >= 15 is 0 Å². The molecule has 5 amide bonds. The highest BCUT2D eigenvalue weighted by Crippen LogP contribution is 2.22. The predicted molar refractivity (Wildman–Crippen MR) is 164 cm³/mol. The van der Waals surface area contributed by atoms with Crippen LogP contribution in [0.1, 0.15) is 51.2 Å². The second-order valence-electron chi connectivity index (χ2n) is 11.9. The van der Waals surface area contributed by atoms with Gasteiger partial charge in [-0.25, -0.2) is 0 Å². The Bertz CT molecular complexity index is 1350. The normalized spacial score (nSPS) is 26.2. The van der Waals surface area contributed by atoms with Crippen molar-refractivity contribution in [2.75, 3.05) is 13.6 Å². The van der Waals surface area contributed by atoms with Crippen molar-refractivity contribution in [1.82, 2.24) is 25.8 Å². The molecule has 2 saturated heterocycles. The average Bonchev–Trinajstić information content (AvgIpc) is 3.52. The van der Waals surface area contributed by atoms with Gasteiger partial charge in [0.2, 0.25) is 29.5 Å². The topological polar surface area (TPSA) is 148 Å². The number of rotatable bonds is 6. The molecule has 11 heteroatoms. The molecular formula is C33H43N5O6. The number of phenols is 1. The third kappa shape index (κ3) is 7.56. The van der Waals surface area contributed by atoms with Crippen molar-refractivity contribution in [3.05, 3.63) is 65.7 Å². The molecule has 2 aromatic carbocycles. The van der Waals surface area contributed by atoms with Crippen molar-refractivity contribution in [2.45, 2.75) is 83.1 Å². The second kappa shape index (κ2) is 14.4. The van der Waals surface area contributed by atoms with Gasteiger partial charge in [-0.2, -0.15) is 0 Å². The fourth-order valence-corrected chi connectivity index (χ4v) is 5.79. The van der Waals surface area contributed by atoms with E-state index in [0.717, 1.165) is 5.56 Å². The molecule has 2 heterocycles. The Hall–Kier alpha value is -4.41. The molecule has 4 rings (SSSR count). The maximum atomic E-state index is 14.1. The number of aromatic hydroxyl groups is 1. The van der Waals surface area contributed by atoms with Gasteiger partial charge in [0.05, 0.1) is 0 Å². The monoisotopic (exact) mass is 605 g/mol. The number of carbonyl (C=O) groups is 5. The zero-order chi connectivity index (χ0) is 32.0. The summed E-state index contributed by atoms with van der Waals surface area (Å²) in [5.74, 6) is -2.58. The van der Waals surface area contributed by atoms with E-state index in [2.05, 4.69) is 16.0 Å². The van der Waals surface area contributed by atoms with Crippen LogP contribution in [0.5, 0.6) is 5.75 Å². The van der Waals surface area contributed by atoms with Gasteiger partial charge < -0.3 is 30.9 Å². The zero-order valence-corrected chi connectivity index (χ0v) is 25.8. The standard InChI is InChI=1S/C33H43N5O6/c1-5-20(2)28-33(44)37(4)27(19-22-10-7-6-8-11-22)31(42)35-25(18-23-13-15-24(39)16-14-23)32(43)38-17-9-12-26(38)30(41)34-21(3)29(40)36-28/h6-8,10-11,13-16,20-21,25-28,39H,5,9,12,17-19H2,1-4H3,(H,34,41)(H,35,42)(H,36,40). The van der Waals surface area contributed by atoms with E-state index in [4.69, 9.17) is 0 Å². The van der Waals surface area contributed by atoms with Crippen molar-refractivity contribution in [2.24, 2.45) is 5.92 Å². The summed E-state index contributed by atoms with van der Waals surface area (Å²) in [4.78, 5) is 71.7. The van der Waals surface area contributed by atoms with E-state index in [1.165, 1.54) is 29.0 Å². The van der Waals surface area contributed by atoms with Crippen LogP contribution in [0.25, 0.3) is 0 Å². The van der Waals surface area contributed by atoms with Crippen molar-refractivity contribution < 1.29 is 29.1 Å². The number of nitrogens with zero attached hydrogens (tertiary/aromatic N) is 2. The fourth-order valence-electron chi connectivity index (χ4n) is 5.79. The minimum absolute atomic E-state index is 0.0682. The highest BCUT2D eigenvalue weighted by atomic mass is 16.3. The molecule has 4 N–H and O–H groups in total. The molecule has 0 aromatic heterocycles. The summed E-state index contributed by atoms with van der Waals surface area (Å²) in [7, 11) is 1.54. The first kappa shape index (κ1) is 32.5. The van der Waals surface area contributed by atoms with Crippen LogP contribution < -0.4 is 16.0 Å². The quantitative estimate of drug-likeness (QED) is 0.393. The van der Waals surface area contributed by atoms with E-state index in [9.17, 15) is 29.1 Å². The summed E-state index contributed by atoms with van der Waals surface area (Å²) in [6, 6.07) is 10.9. The molecule has 0 bridgehead atoms. The molecular weight excluding hydrogens is 562 g/mol. The minimum atomic E-state index is -1.05. The average molecular weight is 606 g/mol. The van der Waals surface area contributed by atoms with Crippen molar-refractivity contribution in [1.29, 1.82) is 0 Å². The molecule has 2 fully saturated rings. The van der Waals surface area contributed by atoms with E-state index in [1.54, 1.807) is 19.1 Å². The predicted octanol–water partition coefficient (Wildman–Crippen LogP) is 1.53. The Kier molecular flexibility index (Phi) is 10.6. The van der Waals surface area contributed by atoms with Crippen LogP contribution in [0.15, 0.2) is 54.6 Å². The van der Waals surface area contributed by atoms with E-state index in [1.807, 2.05) is 44.2 Å².